The number of benzene rings is 1. The first-order valence-corrected chi connectivity index (χ1v) is 8.67. The summed E-state index contributed by atoms with van der Waals surface area (Å²) in [6, 6.07) is 3.66. The smallest absolute Gasteiger partial charge is 0.245 e. The summed E-state index contributed by atoms with van der Waals surface area (Å²) in [7, 11) is -1.92. The maximum absolute atomic E-state index is 12.8. The molecule has 0 radical (unpaired) electrons. The van der Waals surface area contributed by atoms with Crippen LogP contribution in [-0.4, -0.2) is 39.5 Å². The molecule has 1 aliphatic heterocycles. The second-order valence-corrected chi connectivity index (χ2v) is 7.77. The molecule has 0 amide bonds. The molecule has 0 spiro atoms. The van der Waals surface area contributed by atoms with E-state index in [0.717, 1.165) is 18.4 Å². The zero-order chi connectivity index (χ0) is 15.6. The molecule has 2 N–H and O–H groups in total. The number of ether oxygens (including phenoxy) is 1. The van der Waals surface area contributed by atoms with Gasteiger partial charge in [0.25, 0.3) is 0 Å². The third-order valence-electron chi connectivity index (χ3n) is 4.14. The van der Waals surface area contributed by atoms with Crippen LogP contribution >= 0.6 is 0 Å². The van der Waals surface area contributed by atoms with E-state index in [1.54, 1.807) is 20.0 Å². The molecule has 2 rings (SSSR count). The van der Waals surface area contributed by atoms with Crippen LogP contribution in [0.5, 0.6) is 0 Å². The largest absolute Gasteiger partial charge is 0.397 e. The predicted octanol–water partition coefficient (Wildman–Crippen LogP) is 1.93. The third kappa shape index (κ3) is 3.39. The van der Waals surface area contributed by atoms with Crippen LogP contribution in [0.1, 0.15) is 24.0 Å². The number of rotatable bonds is 4. The van der Waals surface area contributed by atoms with Crippen LogP contribution in [0, 0.1) is 19.8 Å². The highest BCUT2D eigenvalue weighted by molar-refractivity contribution is 7.89. The summed E-state index contributed by atoms with van der Waals surface area (Å²) < 4.78 is 32.4. The Kier molecular flexibility index (Phi) is 4.91. The van der Waals surface area contributed by atoms with Gasteiger partial charge >= 0.3 is 0 Å². The molecule has 1 saturated heterocycles. The van der Waals surface area contributed by atoms with Crippen LogP contribution in [0.2, 0.25) is 0 Å². The fourth-order valence-electron chi connectivity index (χ4n) is 2.70. The van der Waals surface area contributed by atoms with Gasteiger partial charge in [-0.05, 0) is 43.7 Å². The normalized spacial score (nSPS) is 17.3. The third-order valence-corrected chi connectivity index (χ3v) is 6.16. The van der Waals surface area contributed by atoms with Crippen LogP contribution in [0.25, 0.3) is 0 Å². The number of anilines is 1. The maximum Gasteiger partial charge on any atom is 0.245 e. The minimum Gasteiger partial charge on any atom is -0.397 e. The summed E-state index contributed by atoms with van der Waals surface area (Å²) in [6.07, 6.45) is 1.81. The van der Waals surface area contributed by atoms with Crippen molar-refractivity contribution in [3.63, 3.8) is 0 Å². The van der Waals surface area contributed by atoms with Gasteiger partial charge in [0.1, 0.15) is 4.90 Å². The van der Waals surface area contributed by atoms with Crippen molar-refractivity contribution in [2.75, 3.05) is 32.5 Å². The van der Waals surface area contributed by atoms with Crippen LogP contribution in [-0.2, 0) is 14.8 Å². The van der Waals surface area contributed by atoms with Gasteiger partial charge in [-0.1, -0.05) is 12.1 Å². The molecule has 0 aromatic heterocycles. The number of sulfonamides is 1. The van der Waals surface area contributed by atoms with Gasteiger partial charge in [-0.3, -0.25) is 0 Å². The Labute approximate surface area is 127 Å². The predicted molar refractivity (Wildman–Crippen MR) is 83.7 cm³/mol. The summed E-state index contributed by atoms with van der Waals surface area (Å²) >= 11 is 0. The highest BCUT2D eigenvalue weighted by atomic mass is 32.2. The molecule has 1 aromatic carbocycles. The quantitative estimate of drug-likeness (QED) is 0.862. The average molecular weight is 312 g/mol. The van der Waals surface area contributed by atoms with Crippen molar-refractivity contribution in [2.24, 2.45) is 5.92 Å². The lowest BCUT2D eigenvalue weighted by Crippen LogP contribution is -2.35. The zero-order valence-corrected chi connectivity index (χ0v) is 13.7. The summed E-state index contributed by atoms with van der Waals surface area (Å²) in [5.74, 6) is 0.352. The van der Waals surface area contributed by atoms with E-state index in [-0.39, 0.29) is 4.90 Å². The van der Waals surface area contributed by atoms with Crippen molar-refractivity contribution in [2.45, 2.75) is 31.6 Å². The number of nitrogens with zero attached hydrogens (tertiary/aromatic N) is 1. The lowest BCUT2D eigenvalue weighted by atomic mass is 10.0. The van der Waals surface area contributed by atoms with E-state index in [0.29, 0.717) is 36.9 Å². The molecule has 1 aromatic rings. The van der Waals surface area contributed by atoms with E-state index < -0.39 is 10.0 Å². The molecule has 0 atom stereocenters. The average Bonchev–Trinajstić information content (AvgIpc) is 2.44. The van der Waals surface area contributed by atoms with Gasteiger partial charge in [-0.25, -0.2) is 12.7 Å². The fraction of sp³-hybridized carbons (Fsp3) is 0.600. The molecule has 0 bridgehead atoms. The molecule has 0 saturated carbocycles. The van der Waals surface area contributed by atoms with Gasteiger partial charge < -0.3 is 10.5 Å². The van der Waals surface area contributed by atoms with Crippen molar-refractivity contribution in [1.29, 1.82) is 0 Å². The van der Waals surface area contributed by atoms with Crippen molar-refractivity contribution < 1.29 is 13.2 Å². The maximum atomic E-state index is 12.8. The minimum atomic E-state index is -3.55. The Morgan fingerprint density at radius 2 is 1.81 bits per heavy atom. The number of hydrogen-bond acceptors (Lipinski definition) is 4. The number of hydrogen-bond donors (Lipinski definition) is 1. The first-order chi connectivity index (χ1) is 9.84. The van der Waals surface area contributed by atoms with Crippen LogP contribution in [0.4, 0.5) is 5.69 Å². The SMILES string of the molecule is Cc1ccc(C)c(S(=O)(=O)N(C)CC2CCOCC2)c1N. The molecule has 0 unspecified atom stereocenters. The molecule has 1 heterocycles. The Morgan fingerprint density at radius 1 is 1.24 bits per heavy atom. The van der Waals surface area contributed by atoms with Crippen molar-refractivity contribution in [3.8, 4) is 0 Å². The van der Waals surface area contributed by atoms with E-state index in [9.17, 15) is 8.42 Å². The van der Waals surface area contributed by atoms with Crippen molar-refractivity contribution >= 4 is 15.7 Å². The van der Waals surface area contributed by atoms with Gasteiger partial charge in [-0.2, -0.15) is 0 Å². The summed E-state index contributed by atoms with van der Waals surface area (Å²) in [4.78, 5) is 0.247. The first-order valence-electron chi connectivity index (χ1n) is 7.23. The minimum absolute atomic E-state index is 0.247. The highest BCUT2D eigenvalue weighted by Gasteiger charge is 2.28. The Balaban J connectivity index is 2.27. The second kappa shape index (κ2) is 6.34. The van der Waals surface area contributed by atoms with E-state index in [4.69, 9.17) is 10.5 Å². The Bertz CT molecular complexity index is 608. The van der Waals surface area contributed by atoms with Crippen molar-refractivity contribution in [1.82, 2.24) is 4.31 Å². The molecule has 0 aliphatic carbocycles. The molecule has 118 valence electrons. The van der Waals surface area contributed by atoms with E-state index >= 15 is 0 Å². The lowest BCUT2D eigenvalue weighted by molar-refractivity contribution is 0.0620. The van der Waals surface area contributed by atoms with E-state index in [1.165, 1.54) is 4.31 Å². The number of aryl methyl sites for hydroxylation is 2. The molecular formula is C15H24N2O3S. The molecule has 1 fully saturated rings. The van der Waals surface area contributed by atoms with E-state index in [2.05, 4.69) is 0 Å². The van der Waals surface area contributed by atoms with Gasteiger partial charge in [0.2, 0.25) is 10.0 Å². The Hall–Kier alpha value is -1.11. The summed E-state index contributed by atoms with van der Waals surface area (Å²) in [6.45, 7) is 5.55. The fourth-order valence-corrected chi connectivity index (χ4v) is 4.33. The zero-order valence-electron chi connectivity index (χ0n) is 12.9. The standard InChI is InChI=1S/C15H24N2O3S/c1-11-4-5-12(2)15(14(11)16)21(18,19)17(3)10-13-6-8-20-9-7-13/h4-5,13H,6-10,16H2,1-3H3. The van der Waals surface area contributed by atoms with Crippen LogP contribution in [0.3, 0.4) is 0 Å². The molecule has 21 heavy (non-hydrogen) atoms. The molecule has 6 heteroatoms. The Morgan fingerprint density at radius 3 is 2.43 bits per heavy atom. The highest BCUT2D eigenvalue weighted by Crippen LogP contribution is 2.29. The number of nitrogens with two attached hydrogens (primary N) is 1. The summed E-state index contributed by atoms with van der Waals surface area (Å²) in [5.41, 5.74) is 7.85. The second-order valence-electron chi connectivity index (χ2n) is 5.78. The van der Waals surface area contributed by atoms with Gasteiger partial charge in [0.15, 0.2) is 0 Å². The first kappa shape index (κ1) is 16.3. The van der Waals surface area contributed by atoms with Gasteiger partial charge in [0, 0.05) is 26.8 Å². The molecule has 5 nitrogen and oxygen atoms in total. The van der Waals surface area contributed by atoms with Gasteiger partial charge in [-0.15, -0.1) is 0 Å². The lowest BCUT2D eigenvalue weighted by Gasteiger charge is -2.27. The molecule has 1 aliphatic rings. The monoisotopic (exact) mass is 312 g/mol. The van der Waals surface area contributed by atoms with Crippen molar-refractivity contribution in [3.05, 3.63) is 23.3 Å². The summed E-state index contributed by atoms with van der Waals surface area (Å²) in [5, 5.41) is 0. The molecular weight excluding hydrogens is 288 g/mol. The number of nitrogen functional groups attached to an aromatic ring is 1. The van der Waals surface area contributed by atoms with E-state index in [1.807, 2.05) is 13.0 Å². The van der Waals surface area contributed by atoms with Crippen LogP contribution < -0.4 is 5.73 Å². The topological polar surface area (TPSA) is 72.6 Å². The van der Waals surface area contributed by atoms with Gasteiger partial charge in [0.05, 0.1) is 5.69 Å². The van der Waals surface area contributed by atoms with Crippen LogP contribution in [0.15, 0.2) is 17.0 Å².